The summed E-state index contributed by atoms with van der Waals surface area (Å²) in [6.45, 7) is 14.9. The van der Waals surface area contributed by atoms with Gasteiger partial charge < -0.3 is 19.1 Å². The van der Waals surface area contributed by atoms with Crippen LogP contribution < -0.4 is 9.21 Å². The summed E-state index contributed by atoms with van der Waals surface area (Å²) in [4.78, 5) is 41.2. The third kappa shape index (κ3) is 11.2. The monoisotopic (exact) mass is 804 g/mol. The van der Waals surface area contributed by atoms with E-state index in [0.29, 0.717) is 22.5 Å². The summed E-state index contributed by atoms with van der Waals surface area (Å²) in [7, 11) is -2.59. The summed E-state index contributed by atoms with van der Waals surface area (Å²) >= 11 is 12.3. The average Bonchev–Trinajstić information content (AvgIpc) is 3.44. The maximum atomic E-state index is 14.0. The predicted molar refractivity (Wildman–Crippen MR) is 208 cm³/mol. The number of imide groups is 1. The molecule has 4 rings (SSSR count). The van der Waals surface area contributed by atoms with E-state index in [9.17, 15) is 22.8 Å². The second-order valence-electron chi connectivity index (χ2n) is 15.4. The van der Waals surface area contributed by atoms with Crippen LogP contribution in [0.2, 0.25) is 10.0 Å². The quantitative estimate of drug-likeness (QED) is 0.114. The van der Waals surface area contributed by atoms with E-state index in [-0.39, 0.29) is 33.7 Å². The Morgan fingerprint density at radius 1 is 0.741 bits per heavy atom. The highest BCUT2D eigenvalue weighted by atomic mass is 35.5. The smallest absolute Gasteiger partial charge is 0.419 e. The molecule has 0 bridgehead atoms. The Morgan fingerprint density at radius 2 is 1.31 bits per heavy atom. The number of rotatable bonds is 10. The van der Waals surface area contributed by atoms with Gasteiger partial charge in [-0.15, -0.1) is 10.2 Å². The Morgan fingerprint density at radius 3 is 1.83 bits per heavy atom. The van der Waals surface area contributed by atoms with Gasteiger partial charge >= 0.3 is 18.2 Å². The molecule has 0 atom stereocenters. The molecule has 17 heteroatoms. The van der Waals surface area contributed by atoms with Crippen LogP contribution in [0.4, 0.5) is 21.1 Å². The molecule has 292 valence electrons. The summed E-state index contributed by atoms with van der Waals surface area (Å²) in [5.74, 6) is 0.181. The van der Waals surface area contributed by atoms with Crippen molar-refractivity contribution in [1.29, 1.82) is 0 Å². The normalized spacial score (nSPS) is 12.3. The summed E-state index contributed by atoms with van der Waals surface area (Å²) in [5.41, 5.74) is -1.61. The Labute approximate surface area is 325 Å². The molecule has 0 radical (unpaired) electrons. The first-order valence-electron chi connectivity index (χ1n) is 16.9. The van der Waals surface area contributed by atoms with Crippen LogP contribution in [0.1, 0.15) is 62.3 Å². The minimum Gasteiger partial charge on any atom is -0.459 e. The first-order chi connectivity index (χ1) is 24.8. The average molecular weight is 806 g/mol. The van der Waals surface area contributed by atoms with Crippen molar-refractivity contribution in [2.75, 3.05) is 35.9 Å². The highest BCUT2D eigenvalue weighted by molar-refractivity contribution is 7.92. The van der Waals surface area contributed by atoms with E-state index in [4.69, 9.17) is 37.4 Å². The lowest BCUT2D eigenvalue weighted by Crippen LogP contribution is -2.46. The van der Waals surface area contributed by atoms with Crippen LogP contribution in [0.15, 0.2) is 65.7 Å². The SMILES string of the molecule is CN(CCN(C(=O)OC(C)(C)C)C(=O)OC(C)(C)C)c1ccc(-n2ccc3cc(N(CC(=O)OC(C)(C)C)S(=O)(=O)c4cc(Cl)cc(Cl)c4)ccc32)nn1. The molecule has 14 nitrogen and oxygen atoms in total. The number of nitrogens with zero attached hydrogens (tertiary/aromatic N) is 6. The third-order valence-electron chi connectivity index (χ3n) is 7.24. The van der Waals surface area contributed by atoms with E-state index >= 15 is 0 Å². The molecule has 0 spiro atoms. The van der Waals surface area contributed by atoms with E-state index in [1.54, 1.807) is 121 Å². The number of sulfonamides is 1. The zero-order valence-electron chi connectivity index (χ0n) is 32.0. The zero-order chi connectivity index (χ0) is 40.4. The van der Waals surface area contributed by atoms with Crippen molar-refractivity contribution in [3.05, 3.63) is 70.8 Å². The van der Waals surface area contributed by atoms with Gasteiger partial charge in [0.1, 0.15) is 23.3 Å². The lowest BCUT2D eigenvalue weighted by Gasteiger charge is -2.29. The number of esters is 1. The molecule has 2 heterocycles. The van der Waals surface area contributed by atoms with Gasteiger partial charge in [0, 0.05) is 35.2 Å². The standard InChI is InChI=1S/C37H46Cl2N6O8S/c1-35(2,3)51-32(46)23-45(54(49,50)28-21-25(38)20-26(39)22-28)27-11-12-29-24(19-27)15-16-43(29)31-14-13-30(40-41-31)42(10)17-18-44(33(47)52-36(4,5)6)34(48)53-37(7,8)9/h11-16,19-22H,17-18,23H2,1-10H3. The topological polar surface area (TPSA) is 153 Å². The lowest BCUT2D eigenvalue weighted by atomic mass is 10.2. The Bertz CT molecular complexity index is 2070. The lowest BCUT2D eigenvalue weighted by molar-refractivity contribution is -0.152. The Kier molecular flexibility index (Phi) is 12.5. The molecule has 0 aliphatic heterocycles. The maximum absolute atomic E-state index is 14.0. The largest absolute Gasteiger partial charge is 0.459 e. The number of aromatic nitrogens is 3. The molecular weight excluding hydrogens is 759 g/mol. The van der Waals surface area contributed by atoms with Crippen LogP contribution in [-0.2, 0) is 29.0 Å². The minimum atomic E-state index is -4.34. The second kappa shape index (κ2) is 16.0. The van der Waals surface area contributed by atoms with E-state index in [1.165, 1.54) is 18.2 Å². The number of halogens is 2. The van der Waals surface area contributed by atoms with Crippen molar-refractivity contribution < 1.29 is 37.0 Å². The fraction of sp³-hybridized carbons (Fsp3) is 0.432. The number of amides is 2. The number of carbonyl (C=O) groups is 3. The molecule has 0 saturated heterocycles. The molecule has 0 fully saturated rings. The number of benzene rings is 2. The molecule has 0 N–H and O–H groups in total. The van der Waals surface area contributed by atoms with Crippen molar-refractivity contribution in [2.24, 2.45) is 0 Å². The van der Waals surface area contributed by atoms with Crippen molar-refractivity contribution in [1.82, 2.24) is 19.7 Å². The number of fused-ring (bicyclic) bond motifs is 1. The fourth-order valence-corrected chi connectivity index (χ4v) is 7.13. The van der Waals surface area contributed by atoms with Gasteiger partial charge in [0.05, 0.1) is 22.6 Å². The number of ether oxygens (including phenoxy) is 3. The van der Waals surface area contributed by atoms with E-state index in [1.807, 2.05) is 0 Å². The molecule has 2 aromatic heterocycles. The van der Waals surface area contributed by atoms with Crippen LogP contribution >= 0.6 is 23.2 Å². The van der Waals surface area contributed by atoms with Crippen molar-refractivity contribution in [2.45, 2.75) is 84.0 Å². The summed E-state index contributed by atoms with van der Waals surface area (Å²) in [6.07, 6.45) is 0.104. The summed E-state index contributed by atoms with van der Waals surface area (Å²) in [5, 5.41) is 9.64. The molecule has 0 aliphatic carbocycles. The van der Waals surface area contributed by atoms with Crippen LogP contribution in [0, 0.1) is 0 Å². The van der Waals surface area contributed by atoms with Gasteiger partial charge in [-0.25, -0.2) is 22.9 Å². The molecule has 4 aromatic rings. The van der Waals surface area contributed by atoms with Gasteiger partial charge in [0.2, 0.25) is 0 Å². The molecular formula is C37H46Cl2N6O8S. The van der Waals surface area contributed by atoms with Crippen molar-refractivity contribution in [3.63, 3.8) is 0 Å². The number of hydrogen-bond acceptors (Lipinski definition) is 11. The van der Waals surface area contributed by atoms with Gasteiger partial charge in [0.15, 0.2) is 11.6 Å². The number of hydrogen-bond donors (Lipinski definition) is 0. The van der Waals surface area contributed by atoms with Gasteiger partial charge in [-0.05, 0) is 117 Å². The fourth-order valence-electron chi connectivity index (χ4n) is 5.00. The van der Waals surface area contributed by atoms with E-state index in [0.717, 1.165) is 9.21 Å². The molecule has 2 aromatic carbocycles. The number of anilines is 2. The van der Waals surface area contributed by atoms with Crippen molar-refractivity contribution >= 4 is 73.8 Å². The minimum absolute atomic E-state index is 0.0423. The van der Waals surface area contributed by atoms with Gasteiger partial charge in [-0.3, -0.25) is 13.7 Å². The Balaban J connectivity index is 1.59. The van der Waals surface area contributed by atoms with Crippen LogP contribution in [-0.4, -0.2) is 89.7 Å². The number of likely N-dealkylation sites (N-methyl/N-ethyl adjacent to an activating group) is 1. The predicted octanol–water partition coefficient (Wildman–Crippen LogP) is 7.87. The van der Waals surface area contributed by atoms with Crippen molar-refractivity contribution in [3.8, 4) is 5.82 Å². The highest BCUT2D eigenvalue weighted by Crippen LogP contribution is 2.31. The maximum Gasteiger partial charge on any atom is 0.419 e. The van der Waals surface area contributed by atoms with Crippen LogP contribution in [0.3, 0.4) is 0 Å². The van der Waals surface area contributed by atoms with Gasteiger partial charge in [0.25, 0.3) is 10.0 Å². The third-order valence-corrected chi connectivity index (χ3v) is 9.43. The highest BCUT2D eigenvalue weighted by Gasteiger charge is 2.32. The van der Waals surface area contributed by atoms with Gasteiger partial charge in [-0.2, -0.15) is 0 Å². The summed E-state index contributed by atoms with van der Waals surface area (Å²) < 4.78 is 47.0. The van der Waals surface area contributed by atoms with Crippen LogP contribution in [0.25, 0.3) is 16.7 Å². The molecule has 0 saturated carbocycles. The van der Waals surface area contributed by atoms with E-state index < -0.39 is 51.5 Å². The second-order valence-corrected chi connectivity index (χ2v) is 18.2. The first-order valence-corrected chi connectivity index (χ1v) is 19.1. The molecule has 54 heavy (non-hydrogen) atoms. The molecule has 0 unspecified atom stereocenters. The summed E-state index contributed by atoms with van der Waals surface area (Å²) in [6, 6.07) is 14.1. The van der Waals surface area contributed by atoms with E-state index in [2.05, 4.69) is 10.2 Å². The molecule has 0 aliphatic rings. The molecule has 2 amide bonds. The number of carbonyl (C=O) groups excluding carboxylic acids is 3. The Hall–Kier alpha value is -4.60. The first kappa shape index (κ1) is 42.1. The zero-order valence-corrected chi connectivity index (χ0v) is 34.3. The van der Waals surface area contributed by atoms with Gasteiger partial charge in [-0.1, -0.05) is 23.2 Å². The van der Waals surface area contributed by atoms with Crippen LogP contribution in [0.5, 0.6) is 0 Å².